The summed E-state index contributed by atoms with van der Waals surface area (Å²) in [6.45, 7) is 6.72. The summed E-state index contributed by atoms with van der Waals surface area (Å²) >= 11 is 0. The fraction of sp³-hybridized carbons (Fsp3) is 0.261. The van der Waals surface area contributed by atoms with Gasteiger partial charge in [-0.15, -0.1) is 0 Å². The lowest BCUT2D eigenvalue weighted by molar-refractivity contribution is 0.0914. The summed E-state index contributed by atoms with van der Waals surface area (Å²) in [5.74, 6) is 1.11. The minimum absolute atomic E-state index is 0.194. The number of rotatable bonds is 3. The molecule has 4 rings (SSSR count). The molecule has 0 atom stereocenters. The van der Waals surface area contributed by atoms with E-state index in [4.69, 9.17) is 4.98 Å². The molecule has 28 heavy (non-hydrogen) atoms. The lowest BCUT2D eigenvalue weighted by Crippen LogP contribution is -2.41. The van der Waals surface area contributed by atoms with Gasteiger partial charge in [-0.3, -0.25) is 4.79 Å². The standard InChI is InChI=1S/C23H24N4O/c1-23(2,3)26-22(28)18-15-20(25-21(24-18)17-10-5-4-6-11-17)27-14-13-16-9-7-8-12-19(16)27/h4-12,15H,13-14H2,1-3H3,(H,26,28). The van der Waals surface area contributed by atoms with Crippen LogP contribution >= 0.6 is 0 Å². The Balaban J connectivity index is 1.80. The zero-order chi connectivity index (χ0) is 19.7. The zero-order valence-electron chi connectivity index (χ0n) is 16.4. The number of nitrogens with zero attached hydrogens (tertiary/aromatic N) is 3. The minimum Gasteiger partial charge on any atom is -0.346 e. The van der Waals surface area contributed by atoms with Crippen molar-refractivity contribution in [3.63, 3.8) is 0 Å². The molecule has 1 aliphatic rings. The highest BCUT2D eigenvalue weighted by atomic mass is 16.2. The first-order chi connectivity index (χ1) is 13.4. The normalized spacial score (nSPS) is 13.3. The van der Waals surface area contributed by atoms with Crippen LogP contribution in [0.2, 0.25) is 0 Å². The van der Waals surface area contributed by atoms with Gasteiger partial charge >= 0.3 is 0 Å². The van der Waals surface area contributed by atoms with Gasteiger partial charge in [-0.05, 0) is 38.8 Å². The molecule has 3 aromatic rings. The number of aromatic nitrogens is 2. The van der Waals surface area contributed by atoms with E-state index in [0.29, 0.717) is 11.5 Å². The van der Waals surface area contributed by atoms with Crippen LogP contribution < -0.4 is 10.2 Å². The molecule has 1 aromatic heterocycles. The van der Waals surface area contributed by atoms with Crippen molar-refractivity contribution in [1.82, 2.24) is 15.3 Å². The fourth-order valence-electron chi connectivity index (χ4n) is 3.39. The van der Waals surface area contributed by atoms with E-state index in [1.54, 1.807) is 6.07 Å². The van der Waals surface area contributed by atoms with Gasteiger partial charge in [-0.1, -0.05) is 48.5 Å². The number of hydrogen-bond donors (Lipinski definition) is 1. The SMILES string of the molecule is CC(C)(C)NC(=O)c1cc(N2CCc3ccccc32)nc(-c2ccccc2)n1. The van der Waals surface area contributed by atoms with Crippen LogP contribution in [0.25, 0.3) is 11.4 Å². The van der Waals surface area contributed by atoms with E-state index in [2.05, 4.69) is 33.4 Å². The lowest BCUT2D eigenvalue weighted by Gasteiger charge is -2.22. The molecule has 0 fully saturated rings. The lowest BCUT2D eigenvalue weighted by atomic mass is 10.1. The van der Waals surface area contributed by atoms with Crippen molar-refractivity contribution in [3.05, 3.63) is 71.9 Å². The van der Waals surface area contributed by atoms with Gasteiger partial charge in [0.2, 0.25) is 0 Å². The van der Waals surface area contributed by atoms with Crippen LogP contribution in [-0.4, -0.2) is 28.0 Å². The monoisotopic (exact) mass is 372 g/mol. The van der Waals surface area contributed by atoms with E-state index in [9.17, 15) is 4.79 Å². The van der Waals surface area contributed by atoms with E-state index in [1.165, 1.54) is 5.56 Å². The Bertz CT molecular complexity index is 1010. The Morgan fingerprint density at radius 3 is 2.46 bits per heavy atom. The zero-order valence-corrected chi connectivity index (χ0v) is 16.4. The van der Waals surface area contributed by atoms with Crippen LogP contribution in [0.3, 0.4) is 0 Å². The van der Waals surface area contributed by atoms with E-state index in [0.717, 1.165) is 30.0 Å². The fourth-order valence-corrected chi connectivity index (χ4v) is 3.39. The van der Waals surface area contributed by atoms with Crippen molar-refractivity contribution in [3.8, 4) is 11.4 Å². The molecule has 5 nitrogen and oxygen atoms in total. The Morgan fingerprint density at radius 2 is 1.71 bits per heavy atom. The summed E-state index contributed by atoms with van der Waals surface area (Å²) in [6, 6.07) is 19.9. The molecule has 142 valence electrons. The largest absolute Gasteiger partial charge is 0.346 e. The van der Waals surface area contributed by atoms with Gasteiger partial charge in [0, 0.05) is 29.4 Å². The van der Waals surface area contributed by atoms with Gasteiger partial charge in [0.05, 0.1) is 0 Å². The molecule has 0 unspecified atom stereocenters. The number of nitrogens with one attached hydrogen (secondary N) is 1. The van der Waals surface area contributed by atoms with E-state index >= 15 is 0 Å². The maximum Gasteiger partial charge on any atom is 0.270 e. The number of amides is 1. The molecule has 0 saturated carbocycles. The number of carbonyl (C=O) groups is 1. The summed E-state index contributed by atoms with van der Waals surface area (Å²) in [7, 11) is 0. The van der Waals surface area contributed by atoms with Crippen molar-refractivity contribution in [1.29, 1.82) is 0 Å². The second-order valence-electron chi connectivity index (χ2n) is 8.04. The molecule has 0 bridgehead atoms. The molecule has 5 heteroatoms. The highest BCUT2D eigenvalue weighted by molar-refractivity contribution is 5.94. The Labute approximate surface area is 165 Å². The van der Waals surface area contributed by atoms with Crippen molar-refractivity contribution in [2.75, 3.05) is 11.4 Å². The third-order valence-electron chi connectivity index (χ3n) is 4.63. The number of anilines is 2. The molecule has 1 aliphatic heterocycles. The maximum atomic E-state index is 12.8. The number of carbonyl (C=O) groups excluding carboxylic acids is 1. The summed E-state index contributed by atoms with van der Waals surface area (Å²) in [5, 5.41) is 3.00. The number of para-hydroxylation sites is 1. The average Bonchev–Trinajstić information content (AvgIpc) is 3.11. The Kier molecular flexibility index (Phi) is 4.59. The molecule has 0 aliphatic carbocycles. The van der Waals surface area contributed by atoms with Crippen LogP contribution in [0, 0.1) is 0 Å². The summed E-state index contributed by atoms with van der Waals surface area (Å²) < 4.78 is 0. The smallest absolute Gasteiger partial charge is 0.270 e. The van der Waals surface area contributed by atoms with Crippen LogP contribution in [-0.2, 0) is 6.42 Å². The summed E-state index contributed by atoms with van der Waals surface area (Å²) in [6.07, 6.45) is 0.963. The second-order valence-corrected chi connectivity index (χ2v) is 8.04. The van der Waals surface area contributed by atoms with E-state index in [-0.39, 0.29) is 11.4 Å². The molecule has 1 N–H and O–H groups in total. The molecule has 2 aromatic carbocycles. The third kappa shape index (κ3) is 3.74. The van der Waals surface area contributed by atoms with Gasteiger partial charge in [-0.25, -0.2) is 9.97 Å². The van der Waals surface area contributed by atoms with Gasteiger partial charge in [0.25, 0.3) is 5.91 Å². The molecule has 0 radical (unpaired) electrons. The molecular weight excluding hydrogens is 348 g/mol. The van der Waals surface area contributed by atoms with Gasteiger partial charge in [0.1, 0.15) is 11.5 Å². The maximum absolute atomic E-state index is 12.8. The van der Waals surface area contributed by atoms with Crippen molar-refractivity contribution >= 4 is 17.4 Å². The first kappa shape index (κ1) is 18.2. The van der Waals surface area contributed by atoms with E-state index in [1.807, 2.05) is 57.2 Å². The Morgan fingerprint density at radius 1 is 1.00 bits per heavy atom. The number of hydrogen-bond acceptors (Lipinski definition) is 4. The molecule has 0 spiro atoms. The van der Waals surface area contributed by atoms with E-state index < -0.39 is 0 Å². The van der Waals surface area contributed by atoms with Crippen LogP contribution in [0.4, 0.5) is 11.5 Å². The van der Waals surface area contributed by atoms with Crippen molar-refractivity contribution < 1.29 is 4.79 Å². The minimum atomic E-state index is -0.338. The van der Waals surface area contributed by atoms with Crippen molar-refractivity contribution in [2.45, 2.75) is 32.7 Å². The summed E-state index contributed by atoms with van der Waals surface area (Å²) in [5.41, 5.74) is 3.37. The second kappa shape index (κ2) is 7.08. The molecule has 1 amide bonds. The first-order valence-corrected chi connectivity index (χ1v) is 9.53. The highest BCUT2D eigenvalue weighted by Crippen LogP contribution is 2.34. The van der Waals surface area contributed by atoms with Crippen LogP contribution in [0.1, 0.15) is 36.8 Å². The average molecular weight is 372 g/mol. The third-order valence-corrected chi connectivity index (χ3v) is 4.63. The topological polar surface area (TPSA) is 58.1 Å². The number of benzene rings is 2. The van der Waals surface area contributed by atoms with Gasteiger partial charge in [0.15, 0.2) is 5.82 Å². The van der Waals surface area contributed by atoms with Crippen LogP contribution in [0.15, 0.2) is 60.7 Å². The quantitative estimate of drug-likeness (QED) is 0.742. The van der Waals surface area contributed by atoms with Gasteiger partial charge in [-0.2, -0.15) is 0 Å². The predicted octanol–water partition coefficient (Wildman–Crippen LogP) is 4.37. The molecular formula is C23H24N4O. The summed E-state index contributed by atoms with van der Waals surface area (Å²) in [4.78, 5) is 24.4. The first-order valence-electron chi connectivity index (χ1n) is 9.53. The molecule has 2 heterocycles. The highest BCUT2D eigenvalue weighted by Gasteiger charge is 2.24. The number of fused-ring (bicyclic) bond motifs is 1. The van der Waals surface area contributed by atoms with Crippen molar-refractivity contribution in [2.24, 2.45) is 0 Å². The van der Waals surface area contributed by atoms with Gasteiger partial charge < -0.3 is 10.2 Å². The Hall–Kier alpha value is -3.21. The van der Waals surface area contributed by atoms with Crippen LogP contribution in [0.5, 0.6) is 0 Å². The molecule has 0 saturated heterocycles. The predicted molar refractivity (Wildman–Crippen MR) is 112 cm³/mol.